The number of thiophene rings is 1. The van der Waals surface area contributed by atoms with E-state index in [-0.39, 0.29) is 5.91 Å². The van der Waals surface area contributed by atoms with Gasteiger partial charge in [-0.05, 0) is 62.4 Å². The van der Waals surface area contributed by atoms with Crippen molar-refractivity contribution in [2.75, 3.05) is 5.01 Å². The van der Waals surface area contributed by atoms with Crippen LogP contribution in [0.3, 0.4) is 0 Å². The standard InChI is InChI=1S/C25H28N8OS/c1-15-3-5-18(11-28-15)12-30-25(34)19-10-20(33(27)23(31-26)9-17-6-7-17)24-29-13-21(32(24)14-19)22-8-4-16(2)35-22/h3-5,8,10-11,13-14,17H,6-7,9,12,26-27H2,1-2H3,(H,30,34)/b31-23-. The third-order valence-corrected chi connectivity index (χ3v) is 7.15. The van der Waals surface area contributed by atoms with Gasteiger partial charge in [-0.3, -0.25) is 19.2 Å². The van der Waals surface area contributed by atoms with Gasteiger partial charge < -0.3 is 11.2 Å². The number of aryl methyl sites for hydroxylation is 2. The van der Waals surface area contributed by atoms with Crippen molar-refractivity contribution in [3.05, 3.63) is 70.6 Å². The van der Waals surface area contributed by atoms with E-state index in [9.17, 15) is 4.79 Å². The van der Waals surface area contributed by atoms with Crippen molar-refractivity contribution >= 4 is 34.4 Å². The average Bonchev–Trinajstić information content (AvgIpc) is 3.42. The SMILES string of the molecule is Cc1ccc(CNC(=O)c2cc(N(N)/C(CC3CC3)=N\N)c3ncc(-c4ccc(C)s4)n3c2)cn1. The summed E-state index contributed by atoms with van der Waals surface area (Å²) < 4.78 is 1.91. The number of amides is 1. The normalized spacial score (nSPS) is 13.9. The second kappa shape index (κ2) is 9.47. The summed E-state index contributed by atoms with van der Waals surface area (Å²) in [6.07, 6.45) is 8.34. The summed E-state index contributed by atoms with van der Waals surface area (Å²) in [7, 11) is 0. The van der Waals surface area contributed by atoms with Crippen LogP contribution in [-0.4, -0.2) is 26.1 Å². The van der Waals surface area contributed by atoms with E-state index in [2.05, 4.69) is 39.4 Å². The molecule has 10 heteroatoms. The van der Waals surface area contributed by atoms with Gasteiger partial charge in [0.15, 0.2) is 5.65 Å². The molecular weight excluding hydrogens is 460 g/mol. The molecule has 1 fully saturated rings. The zero-order valence-corrected chi connectivity index (χ0v) is 20.5. The largest absolute Gasteiger partial charge is 0.348 e. The molecule has 0 atom stereocenters. The Kier molecular flexibility index (Phi) is 6.23. The Morgan fingerprint density at radius 2 is 2.06 bits per heavy atom. The van der Waals surface area contributed by atoms with Crippen LogP contribution in [0.4, 0.5) is 5.69 Å². The van der Waals surface area contributed by atoms with Gasteiger partial charge in [0, 0.05) is 35.9 Å². The Hall–Kier alpha value is -3.76. The summed E-state index contributed by atoms with van der Waals surface area (Å²) in [6, 6.07) is 9.74. The lowest BCUT2D eigenvalue weighted by Crippen LogP contribution is -2.39. The third-order valence-electron chi connectivity index (χ3n) is 6.12. The fourth-order valence-electron chi connectivity index (χ4n) is 3.95. The highest BCUT2D eigenvalue weighted by Gasteiger charge is 2.27. The van der Waals surface area contributed by atoms with Crippen LogP contribution in [0.15, 0.2) is 54.0 Å². The maximum absolute atomic E-state index is 13.2. The van der Waals surface area contributed by atoms with E-state index in [1.807, 2.05) is 23.5 Å². The lowest BCUT2D eigenvalue weighted by Gasteiger charge is -2.21. The molecule has 0 radical (unpaired) electrons. The molecule has 1 saturated carbocycles. The first kappa shape index (κ1) is 23.0. The van der Waals surface area contributed by atoms with E-state index in [4.69, 9.17) is 11.7 Å². The van der Waals surface area contributed by atoms with Crippen LogP contribution in [-0.2, 0) is 6.54 Å². The van der Waals surface area contributed by atoms with Crippen molar-refractivity contribution in [1.29, 1.82) is 0 Å². The molecule has 4 aromatic heterocycles. The summed E-state index contributed by atoms with van der Waals surface area (Å²) in [4.78, 5) is 24.4. The molecule has 4 aromatic rings. The number of nitrogens with zero attached hydrogens (tertiary/aromatic N) is 5. The maximum atomic E-state index is 13.2. The minimum absolute atomic E-state index is 0.224. The second-order valence-corrected chi connectivity index (χ2v) is 10.2. The first-order valence-corrected chi connectivity index (χ1v) is 12.3. The van der Waals surface area contributed by atoms with Gasteiger partial charge in [-0.2, -0.15) is 5.10 Å². The first-order chi connectivity index (χ1) is 16.9. The number of carbonyl (C=O) groups is 1. The van der Waals surface area contributed by atoms with E-state index in [0.717, 1.165) is 34.7 Å². The number of nitrogens with one attached hydrogen (secondary N) is 1. The van der Waals surface area contributed by atoms with Gasteiger partial charge in [0.2, 0.25) is 0 Å². The molecule has 0 aromatic carbocycles. The van der Waals surface area contributed by atoms with Crippen LogP contribution in [0, 0.1) is 19.8 Å². The van der Waals surface area contributed by atoms with Crippen LogP contribution < -0.4 is 22.0 Å². The van der Waals surface area contributed by atoms with Gasteiger partial charge in [0.1, 0.15) is 11.5 Å². The van der Waals surface area contributed by atoms with Gasteiger partial charge in [-0.25, -0.2) is 10.8 Å². The van der Waals surface area contributed by atoms with Crippen molar-refractivity contribution in [2.45, 2.75) is 39.7 Å². The van der Waals surface area contributed by atoms with Gasteiger partial charge in [-0.15, -0.1) is 11.3 Å². The average molecular weight is 489 g/mol. The van der Waals surface area contributed by atoms with Gasteiger partial charge in [0.25, 0.3) is 5.91 Å². The van der Waals surface area contributed by atoms with Gasteiger partial charge in [0.05, 0.1) is 22.3 Å². The molecule has 35 heavy (non-hydrogen) atoms. The molecule has 0 unspecified atom stereocenters. The summed E-state index contributed by atoms with van der Waals surface area (Å²) in [5, 5.41) is 8.40. The minimum atomic E-state index is -0.224. The summed E-state index contributed by atoms with van der Waals surface area (Å²) >= 11 is 1.67. The molecule has 0 saturated heterocycles. The molecule has 9 nitrogen and oxygen atoms in total. The molecule has 4 heterocycles. The number of hydrogen-bond donors (Lipinski definition) is 3. The van der Waals surface area contributed by atoms with Crippen LogP contribution in [0.1, 0.15) is 45.8 Å². The molecule has 5 N–H and O–H groups in total. The Morgan fingerprint density at radius 3 is 2.71 bits per heavy atom. The number of fused-ring (bicyclic) bond motifs is 1. The van der Waals surface area contributed by atoms with Crippen molar-refractivity contribution in [3.8, 4) is 10.6 Å². The van der Waals surface area contributed by atoms with Crippen molar-refractivity contribution < 1.29 is 4.79 Å². The lowest BCUT2D eigenvalue weighted by atomic mass is 10.2. The quantitative estimate of drug-likeness (QED) is 0.157. The maximum Gasteiger partial charge on any atom is 0.253 e. The Balaban J connectivity index is 1.53. The molecule has 1 aliphatic carbocycles. The monoisotopic (exact) mass is 488 g/mol. The molecule has 180 valence electrons. The molecule has 0 spiro atoms. The number of carbonyl (C=O) groups excluding carboxylic acids is 1. The fraction of sp³-hybridized carbons (Fsp3) is 0.280. The zero-order chi connectivity index (χ0) is 24.5. The number of pyridine rings is 2. The molecule has 5 rings (SSSR count). The predicted octanol–water partition coefficient (Wildman–Crippen LogP) is 3.76. The number of imidazole rings is 1. The van der Waals surface area contributed by atoms with E-state index in [0.29, 0.717) is 41.6 Å². The van der Waals surface area contributed by atoms with Crippen LogP contribution in [0.5, 0.6) is 0 Å². The Bertz CT molecular complexity index is 1400. The van der Waals surface area contributed by atoms with Gasteiger partial charge >= 0.3 is 0 Å². The number of amidine groups is 1. The van der Waals surface area contributed by atoms with Crippen molar-refractivity contribution in [2.24, 2.45) is 22.7 Å². The lowest BCUT2D eigenvalue weighted by molar-refractivity contribution is 0.0950. The highest BCUT2D eigenvalue weighted by atomic mass is 32.1. The highest BCUT2D eigenvalue weighted by Crippen LogP contribution is 2.35. The number of anilines is 1. The van der Waals surface area contributed by atoms with E-state index < -0.39 is 0 Å². The topological polar surface area (TPSA) is 127 Å². The van der Waals surface area contributed by atoms with E-state index in [1.54, 1.807) is 36.0 Å². The Labute approximate surface area is 207 Å². The first-order valence-electron chi connectivity index (χ1n) is 11.5. The van der Waals surface area contributed by atoms with Gasteiger partial charge in [-0.1, -0.05) is 6.07 Å². The van der Waals surface area contributed by atoms with Crippen LogP contribution in [0.25, 0.3) is 16.2 Å². The number of rotatable bonds is 7. The predicted molar refractivity (Wildman–Crippen MR) is 139 cm³/mol. The minimum Gasteiger partial charge on any atom is -0.348 e. The van der Waals surface area contributed by atoms with Crippen LogP contribution in [0.2, 0.25) is 0 Å². The molecule has 1 amide bonds. The second-order valence-electron chi connectivity index (χ2n) is 8.91. The summed E-state index contributed by atoms with van der Waals surface area (Å²) in [5.41, 5.74) is 4.39. The summed E-state index contributed by atoms with van der Waals surface area (Å²) in [5.74, 6) is 13.1. The van der Waals surface area contributed by atoms with Crippen LogP contribution >= 0.6 is 11.3 Å². The number of hydrazone groups is 1. The zero-order valence-electron chi connectivity index (χ0n) is 19.7. The summed E-state index contributed by atoms with van der Waals surface area (Å²) in [6.45, 7) is 4.35. The third kappa shape index (κ3) is 4.89. The fourth-order valence-corrected chi connectivity index (χ4v) is 4.82. The number of nitrogens with two attached hydrogens (primary N) is 2. The number of hydrazine groups is 1. The smallest absolute Gasteiger partial charge is 0.253 e. The molecule has 0 bridgehead atoms. The highest BCUT2D eigenvalue weighted by molar-refractivity contribution is 7.15. The van der Waals surface area contributed by atoms with E-state index in [1.165, 1.54) is 9.89 Å². The number of aromatic nitrogens is 3. The van der Waals surface area contributed by atoms with Crippen molar-refractivity contribution in [1.82, 2.24) is 19.7 Å². The number of hydrogen-bond acceptors (Lipinski definition) is 7. The van der Waals surface area contributed by atoms with Crippen molar-refractivity contribution in [3.63, 3.8) is 0 Å². The van der Waals surface area contributed by atoms with E-state index >= 15 is 0 Å². The Morgan fingerprint density at radius 1 is 1.23 bits per heavy atom. The molecule has 1 aliphatic rings. The molecule has 0 aliphatic heterocycles. The molecular formula is C25H28N8OS.